The molecule has 0 heterocycles. The highest BCUT2D eigenvalue weighted by molar-refractivity contribution is 7.98. The average molecular weight is 275 g/mol. The molecule has 0 saturated carbocycles. The van der Waals surface area contributed by atoms with Gasteiger partial charge in [-0.15, -0.1) is 11.8 Å². The largest absolute Gasteiger partial charge is 0.322 e. The molecule has 2 nitrogen and oxygen atoms in total. The maximum absolute atomic E-state index is 13.1. The molecule has 1 amide bonds. The van der Waals surface area contributed by atoms with Gasteiger partial charge in [0.1, 0.15) is 5.82 Å². The van der Waals surface area contributed by atoms with Crippen LogP contribution in [-0.4, -0.2) is 12.2 Å². The Labute approximate surface area is 116 Å². The summed E-state index contributed by atoms with van der Waals surface area (Å²) >= 11 is 1.64. The standard InChI is InChI=1S/C15H14FNOS/c1-10-9-11(3-8-14(10)16)15(18)17-12-4-6-13(19-2)7-5-12/h3-9H,1-2H3,(H,17,18). The number of carbonyl (C=O) groups excluding carboxylic acids is 1. The third-order valence-corrected chi connectivity index (χ3v) is 3.51. The number of halogens is 1. The normalized spacial score (nSPS) is 10.3. The minimum atomic E-state index is -0.305. The highest BCUT2D eigenvalue weighted by atomic mass is 32.2. The van der Waals surface area contributed by atoms with Gasteiger partial charge >= 0.3 is 0 Å². The number of carbonyl (C=O) groups is 1. The van der Waals surface area contributed by atoms with Crippen molar-refractivity contribution in [2.45, 2.75) is 11.8 Å². The summed E-state index contributed by atoms with van der Waals surface area (Å²) in [5, 5.41) is 2.79. The Balaban J connectivity index is 2.13. The van der Waals surface area contributed by atoms with Crippen LogP contribution in [0.3, 0.4) is 0 Å². The van der Waals surface area contributed by atoms with E-state index >= 15 is 0 Å². The Morgan fingerprint density at radius 3 is 2.42 bits per heavy atom. The molecule has 0 aromatic heterocycles. The summed E-state index contributed by atoms with van der Waals surface area (Å²) in [6.45, 7) is 1.64. The van der Waals surface area contributed by atoms with E-state index in [1.807, 2.05) is 30.5 Å². The second-order valence-corrected chi connectivity index (χ2v) is 5.03. The zero-order valence-electron chi connectivity index (χ0n) is 10.7. The molecule has 0 radical (unpaired) electrons. The molecule has 0 unspecified atom stereocenters. The van der Waals surface area contributed by atoms with E-state index in [2.05, 4.69) is 5.32 Å². The van der Waals surface area contributed by atoms with Crippen molar-refractivity contribution in [3.63, 3.8) is 0 Å². The molecule has 0 aliphatic rings. The minimum Gasteiger partial charge on any atom is -0.322 e. The molecule has 0 saturated heterocycles. The third-order valence-electron chi connectivity index (χ3n) is 2.77. The van der Waals surface area contributed by atoms with Crippen LogP contribution in [0.15, 0.2) is 47.4 Å². The van der Waals surface area contributed by atoms with Gasteiger partial charge in [0.05, 0.1) is 0 Å². The fraction of sp³-hybridized carbons (Fsp3) is 0.133. The highest BCUT2D eigenvalue weighted by Crippen LogP contribution is 2.18. The van der Waals surface area contributed by atoms with Crippen molar-refractivity contribution in [3.05, 3.63) is 59.4 Å². The summed E-state index contributed by atoms with van der Waals surface area (Å²) in [6, 6.07) is 11.9. The van der Waals surface area contributed by atoms with Crippen LogP contribution in [0, 0.1) is 12.7 Å². The van der Waals surface area contributed by atoms with Gasteiger partial charge in [-0.25, -0.2) is 4.39 Å². The molecular weight excluding hydrogens is 261 g/mol. The lowest BCUT2D eigenvalue weighted by atomic mass is 10.1. The van der Waals surface area contributed by atoms with Crippen LogP contribution in [0.5, 0.6) is 0 Å². The molecule has 0 fully saturated rings. The number of thioether (sulfide) groups is 1. The van der Waals surface area contributed by atoms with Gasteiger partial charge in [-0.05, 0) is 61.2 Å². The first-order valence-corrected chi connectivity index (χ1v) is 7.04. The Morgan fingerprint density at radius 1 is 1.16 bits per heavy atom. The monoisotopic (exact) mass is 275 g/mol. The van der Waals surface area contributed by atoms with Crippen LogP contribution in [0.1, 0.15) is 15.9 Å². The van der Waals surface area contributed by atoms with E-state index in [0.717, 1.165) is 10.6 Å². The molecule has 98 valence electrons. The van der Waals surface area contributed by atoms with Crippen LogP contribution >= 0.6 is 11.8 Å². The lowest BCUT2D eigenvalue weighted by Gasteiger charge is -2.07. The Hall–Kier alpha value is -1.81. The number of amides is 1. The van der Waals surface area contributed by atoms with Gasteiger partial charge in [0.2, 0.25) is 0 Å². The summed E-state index contributed by atoms with van der Waals surface area (Å²) in [4.78, 5) is 13.1. The number of hydrogen-bond acceptors (Lipinski definition) is 2. The van der Waals surface area contributed by atoms with Crippen molar-refractivity contribution in [2.75, 3.05) is 11.6 Å². The average Bonchev–Trinajstić information content (AvgIpc) is 2.42. The van der Waals surface area contributed by atoms with Crippen LogP contribution in [0.4, 0.5) is 10.1 Å². The molecule has 0 atom stereocenters. The number of rotatable bonds is 3. The lowest BCUT2D eigenvalue weighted by Crippen LogP contribution is -2.12. The number of aryl methyl sites for hydroxylation is 1. The van der Waals surface area contributed by atoms with Gasteiger partial charge in [0, 0.05) is 16.1 Å². The van der Waals surface area contributed by atoms with E-state index in [-0.39, 0.29) is 11.7 Å². The van der Waals surface area contributed by atoms with Gasteiger partial charge in [0.25, 0.3) is 5.91 Å². The summed E-state index contributed by atoms with van der Waals surface area (Å²) in [7, 11) is 0. The molecule has 2 rings (SSSR count). The summed E-state index contributed by atoms with van der Waals surface area (Å²) in [5.74, 6) is -0.541. The van der Waals surface area contributed by atoms with E-state index < -0.39 is 0 Å². The van der Waals surface area contributed by atoms with Crippen molar-refractivity contribution in [1.82, 2.24) is 0 Å². The number of hydrogen-bond donors (Lipinski definition) is 1. The number of anilines is 1. The third kappa shape index (κ3) is 3.35. The zero-order chi connectivity index (χ0) is 13.8. The number of nitrogens with one attached hydrogen (secondary N) is 1. The Kier molecular flexibility index (Phi) is 4.22. The van der Waals surface area contributed by atoms with E-state index in [1.54, 1.807) is 24.8 Å². The van der Waals surface area contributed by atoms with E-state index in [1.165, 1.54) is 12.1 Å². The Morgan fingerprint density at radius 2 is 1.84 bits per heavy atom. The molecule has 0 spiro atoms. The van der Waals surface area contributed by atoms with Crippen LogP contribution < -0.4 is 5.32 Å². The van der Waals surface area contributed by atoms with Gasteiger partial charge in [-0.3, -0.25) is 4.79 Å². The predicted octanol–water partition coefficient (Wildman–Crippen LogP) is 4.11. The smallest absolute Gasteiger partial charge is 0.255 e. The van der Waals surface area contributed by atoms with Gasteiger partial charge in [-0.2, -0.15) is 0 Å². The van der Waals surface area contributed by atoms with Crippen molar-refractivity contribution >= 4 is 23.4 Å². The first kappa shape index (κ1) is 13.6. The summed E-state index contributed by atoms with van der Waals surface area (Å²) < 4.78 is 13.1. The second-order valence-electron chi connectivity index (χ2n) is 4.15. The fourth-order valence-electron chi connectivity index (χ4n) is 1.66. The van der Waals surface area contributed by atoms with E-state index in [9.17, 15) is 9.18 Å². The lowest BCUT2D eigenvalue weighted by molar-refractivity contribution is 0.102. The van der Waals surface area contributed by atoms with Crippen molar-refractivity contribution < 1.29 is 9.18 Å². The topological polar surface area (TPSA) is 29.1 Å². The SMILES string of the molecule is CSc1ccc(NC(=O)c2ccc(F)c(C)c2)cc1. The molecule has 0 aliphatic carbocycles. The quantitative estimate of drug-likeness (QED) is 0.854. The fourth-order valence-corrected chi connectivity index (χ4v) is 2.07. The van der Waals surface area contributed by atoms with Crippen molar-refractivity contribution in [2.24, 2.45) is 0 Å². The van der Waals surface area contributed by atoms with Crippen LogP contribution in [0.2, 0.25) is 0 Å². The highest BCUT2D eigenvalue weighted by Gasteiger charge is 2.08. The summed E-state index contributed by atoms with van der Waals surface area (Å²) in [6.07, 6.45) is 1.99. The van der Waals surface area contributed by atoms with Gasteiger partial charge < -0.3 is 5.32 Å². The second kappa shape index (κ2) is 5.89. The maximum Gasteiger partial charge on any atom is 0.255 e. The number of benzene rings is 2. The van der Waals surface area contributed by atoms with Gasteiger partial charge in [0.15, 0.2) is 0 Å². The molecule has 19 heavy (non-hydrogen) atoms. The van der Waals surface area contributed by atoms with Gasteiger partial charge in [-0.1, -0.05) is 0 Å². The van der Waals surface area contributed by atoms with Crippen LogP contribution in [-0.2, 0) is 0 Å². The zero-order valence-corrected chi connectivity index (χ0v) is 11.6. The van der Waals surface area contributed by atoms with E-state index in [4.69, 9.17) is 0 Å². The molecule has 2 aromatic rings. The van der Waals surface area contributed by atoms with E-state index in [0.29, 0.717) is 11.1 Å². The molecule has 2 aromatic carbocycles. The molecule has 4 heteroatoms. The molecular formula is C15H14FNOS. The van der Waals surface area contributed by atoms with Crippen molar-refractivity contribution in [1.29, 1.82) is 0 Å². The molecule has 1 N–H and O–H groups in total. The first-order valence-electron chi connectivity index (χ1n) is 5.81. The van der Waals surface area contributed by atoms with Crippen molar-refractivity contribution in [3.8, 4) is 0 Å². The first-order chi connectivity index (χ1) is 9.10. The van der Waals surface area contributed by atoms with Crippen LogP contribution in [0.25, 0.3) is 0 Å². The summed E-state index contributed by atoms with van der Waals surface area (Å²) in [5.41, 5.74) is 1.64. The molecule has 0 bridgehead atoms. The maximum atomic E-state index is 13.1. The predicted molar refractivity (Wildman–Crippen MR) is 77.3 cm³/mol. The molecule has 0 aliphatic heterocycles. The minimum absolute atomic E-state index is 0.236. The Bertz CT molecular complexity index is 596.